The number of amides is 1. The molecule has 5 rings (SSSR count). The van der Waals surface area contributed by atoms with Crippen molar-refractivity contribution in [3.8, 4) is 28.3 Å². The molecule has 0 saturated carbocycles. The first-order valence-electron chi connectivity index (χ1n) is 12.2. The van der Waals surface area contributed by atoms with Crippen molar-refractivity contribution >= 4 is 11.4 Å². The predicted octanol–water partition coefficient (Wildman–Crippen LogP) is 2.96. The highest BCUT2D eigenvalue weighted by Gasteiger charge is 2.21. The molecule has 1 aromatic carbocycles. The smallest absolute Gasteiger partial charge is 0.267 e. The number of ether oxygens (including phenoxy) is 1. The molecule has 186 valence electrons. The number of rotatable bonds is 6. The molecule has 0 N–H and O–H groups in total. The Bertz CT molecular complexity index is 1440. The predicted molar refractivity (Wildman–Crippen MR) is 138 cm³/mol. The highest BCUT2D eigenvalue weighted by atomic mass is 16.5. The van der Waals surface area contributed by atoms with Crippen molar-refractivity contribution in [1.29, 1.82) is 0 Å². The minimum Gasteiger partial charge on any atom is -0.482 e. The van der Waals surface area contributed by atoms with Gasteiger partial charge in [-0.25, -0.2) is 9.20 Å². The normalized spacial score (nSPS) is 14.5. The van der Waals surface area contributed by atoms with Gasteiger partial charge in [-0.05, 0) is 39.1 Å². The van der Waals surface area contributed by atoms with Crippen LogP contribution in [0.4, 0.5) is 0 Å². The Hall–Kier alpha value is -3.98. The van der Waals surface area contributed by atoms with E-state index in [1.54, 1.807) is 22.8 Å². The van der Waals surface area contributed by atoms with E-state index in [-0.39, 0.29) is 24.1 Å². The van der Waals surface area contributed by atoms with Crippen molar-refractivity contribution in [2.75, 3.05) is 39.8 Å². The van der Waals surface area contributed by atoms with E-state index >= 15 is 0 Å². The van der Waals surface area contributed by atoms with Crippen LogP contribution < -0.4 is 10.3 Å². The number of likely N-dealkylation sites (N-methyl/N-ethyl adjacent to an activating group) is 1. The summed E-state index contributed by atoms with van der Waals surface area (Å²) in [7, 11) is 2.06. The number of aromatic nitrogens is 4. The molecule has 0 spiro atoms. The lowest BCUT2D eigenvalue weighted by Gasteiger charge is -2.32. The third-order valence-corrected chi connectivity index (χ3v) is 6.44. The summed E-state index contributed by atoms with van der Waals surface area (Å²) in [5.41, 5.74) is 3.86. The van der Waals surface area contributed by atoms with Crippen molar-refractivity contribution in [1.82, 2.24) is 29.2 Å². The lowest BCUT2D eigenvalue weighted by atomic mass is 10.0. The quantitative estimate of drug-likeness (QED) is 0.417. The highest BCUT2D eigenvalue weighted by Crippen LogP contribution is 2.34. The summed E-state index contributed by atoms with van der Waals surface area (Å²) in [4.78, 5) is 29.0. The first-order valence-corrected chi connectivity index (χ1v) is 12.2. The van der Waals surface area contributed by atoms with Crippen LogP contribution in [0.5, 0.6) is 5.75 Å². The van der Waals surface area contributed by atoms with Gasteiger partial charge in [0, 0.05) is 37.8 Å². The lowest BCUT2D eigenvalue weighted by molar-refractivity contribution is -0.134. The monoisotopic (exact) mass is 486 g/mol. The Morgan fingerprint density at radius 2 is 1.72 bits per heavy atom. The van der Waals surface area contributed by atoms with Gasteiger partial charge in [-0.1, -0.05) is 30.3 Å². The van der Waals surface area contributed by atoms with E-state index in [9.17, 15) is 9.59 Å². The number of carbonyl (C=O) groups is 1. The van der Waals surface area contributed by atoms with Crippen molar-refractivity contribution in [3.63, 3.8) is 0 Å². The van der Waals surface area contributed by atoms with Gasteiger partial charge in [-0.2, -0.15) is 10.2 Å². The van der Waals surface area contributed by atoms with Crippen LogP contribution in [-0.2, 0) is 4.79 Å². The second-order valence-corrected chi connectivity index (χ2v) is 9.35. The Morgan fingerprint density at radius 3 is 2.44 bits per heavy atom. The summed E-state index contributed by atoms with van der Waals surface area (Å²) in [6.07, 6.45) is 1.78. The molecule has 0 bridgehead atoms. The second-order valence-electron chi connectivity index (χ2n) is 9.35. The molecule has 1 amide bonds. The molecule has 36 heavy (non-hydrogen) atoms. The topological polar surface area (TPSA) is 85.0 Å². The number of piperazine rings is 1. The molecule has 9 nitrogen and oxygen atoms in total. The maximum Gasteiger partial charge on any atom is 0.267 e. The maximum atomic E-state index is 12.6. The van der Waals surface area contributed by atoms with Crippen molar-refractivity contribution in [2.45, 2.75) is 19.9 Å². The van der Waals surface area contributed by atoms with Crippen LogP contribution in [0.25, 0.3) is 28.0 Å². The Labute approximate surface area is 209 Å². The van der Waals surface area contributed by atoms with Gasteiger partial charge in [0.25, 0.3) is 11.5 Å². The van der Waals surface area contributed by atoms with E-state index in [4.69, 9.17) is 9.84 Å². The minimum absolute atomic E-state index is 0.0181. The van der Waals surface area contributed by atoms with Gasteiger partial charge in [-0.3, -0.25) is 9.59 Å². The molecular weight excluding hydrogens is 456 g/mol. The molecule has 0 aliphatic carbocycles. The number of benzene rings is 1. The van der Waals surface area contributed by atoms with Gasteiger partial charge in [0.15, 0.2) is 6.61 Å². The van der Waals surface area contributed by atoms with E-state index < -0.39 is 0 Å². The van der Waals surface area contributed by atoms with Crippen molar-refractivity contribution < 1.29 is 9.53 Å². The molecule has 0 unspecified atom stereocenters. The summed E-state index contributed by atoms with van der Waals surface area (Å²) in [6.45, 7) is 7.01. The summed E-state index contributed by atoms with van der Waals surface area (Å²) in [5.74, 6) is 0.535. The average molecular weight is 487 g/mol. The minimum atomic E-state index is -0.146. The molecule has 4 aromatic rings. The SMILES string of the molecule is CC(C)n1nc(-c2c(-c3ccccc3)nn3cc(OCC(=O)N4CCN(C)CC4)ccc23)ccc1=O. The van der Waals surface area contributed by atoms with Crippen LogP contribution in [-0.4, -0.2) is 74.9 Å². The number of hydrogen-bond donors (Lipinski definition) is 0. The van der Waals surface area contributed by atoms with Crippen molar-refractivity contribution in [3.05, 3.63) is 71.1 Å². The highest BCUT2D eigenvalue weighted by molar-refractivity contribution is 5.90. The van der Waals surface area contributed by atoms with Gasteiger partial charge in [-0.15, -0.1) is 0 Å². The van der Waals surface area contributed by atoms with Gasteiger partial charge in [0.05, 0.1) is 29.0 Å². The van der Waals surface area contributed by atoms with E-state index in [0.717, 1.165) is 35.4 Å². The van der Waals surface area contributed by atoms with E-state index in [1.165, 1.54) is 4.68 Å². The summed E-state index contributed by atoms with van der Waals surface area (Å²) in [6, 6.07) is 16.8. The van der Waals surface area contributed by atoms with Crippen LogP contribution >= 0.6 is 0 Å². The molecule has 3 aromatic heterocycles. The Morgan fingerprint density at radius 1 is 0.972 bits per heavy atom. The van der Waals surface area contributed by atoms with E-state index in [1.807, 2.05) is 61.2 Å². The number of fused-ring (bicyclic) bond motifs is 1. The zero-order valence-corrected chi connectivity index (χ0v) is 20.8. The van der Waals surface area contributed by atoms with Gasteiger partial charge in [0.1, 0.15) is 11.4 Å². The van der Waals surface area contributed by atoms with Crippen LogP contribution in [0.3, 0.4) is 0 Å². The zero-order chi connectivity index (χ0) is 25.2. The van der Waals surface area contributed by atoms with Gasteiger partial charge >= 0.3 is 0 Å². The fourth-order valence-electron chi connectivity index (χ4n) is 4.39. The van der Waals surface area contributed by atoms with E-state index in [2.05, 4.69) is 17.0 Å². The number of hydrogen-bond acceptors (Lipinski definition) is 6. The molecule has 1 aliphatic rings. The lowest BCUT2D eigenvalue weighted by Crippen LogP contribution is -2.48. The van der Waals surface area contributed by atoms with Crippen LogP contribution in [0.15, 0.2) is 65.6 Å². The third kappa shape index (κ3) is 4.74. The Balaban J connectivity index is 1.49. The van der Waals surface area contributed by atoms with E-state index in [0.29, 0.717) is 24.5 Å². The first-order chi connectivity index (χ1) is 17.4. The molecular formula is C27H30N6O3. The third-order valence-electron chi connectivity index (χ3n) is 6.44. The molecule has 9 heteroatoms. The molecule has 1 fully saturated rings. The largest absolute Gasteiger partial charge is 0.482 e. The van der Waals surface area contributed by atoms with Crippen molar-refractivity contribution in [2.24, 2.45) is 0 Å². The molecule has 0 radical (unpaired) electrons. The Kier molecular flexibility index (Phi) is 6.56. The van der Waals surface area contributed by atoms with Gasteiger partial charge in [0.2, 0.25) is 0 Å². The number of nitrogens with zero attached hydrogens (tertiary/aromatic N) is 6. The summed E-state index contributed by atoms with van der Waals surface area (Å²) in [5, 5.41) is 9.51. The zero-order valence-electron chi connectivity index (χ0n) is 20.8. The summed E-state index contributed by atoms with van der Waals surface area (Å²) < 4.78 is 9.09. The fraction of sp³-hybridized carbons (Fsp3) is 0.333. The standard InChI is InChI=1S/C27H30N6O3/c1-19(2)33-24(34)12-10-22(28-33)26-23-11-9-21(36-18-25(35)31-15-13-30(3)14-16-31)17-32(23)29-27(26)20-7-5-4-6-8-20/h4-12,17,19H,13-16,18H2,1-3H3. The molecule has 0 atom stereocenters. The fourth-order valence-corrected chi connectivity index (χ4v) is 4.39. The second kappa shape index (κ2) is 9.94. The molecule has 1 aliphatic heterocycles. The van der Waals surface area contributed by atoms with Crippen LogP contribution in [0.1, 0.15) is 19.9 Å². The first kappa shape index (κ1) is 23.7. The maximum absolute atomic E-state index is 12.6. The van der Waals surface area contributed by atoms with Crippen LogP contribution in [0, 0.1) is 0 Å². The summed E-state index contributed by atoms with van der Waals surface area (Å²) >= 11 is 0. The molecule has 4 heterocycles. The van der Waals surface area contributed by atoms with Crippen LogP contribution in [0.2, 0.25) is 0 Å². The molecule has 1 saturated heterocycles. The van der Waals surface area contributed by atoms with Gasteiger partial charge < -0.3 is 14.5 Å². The average Bonchev–Trinajstić information content (AvgIpc) is 3.27. The number of pyridine rings is 1. The number of carbonyl (C=O) groups excluding carboxylic acids is 1.